The van der Waals surface area contributed by atoms with Gasteiger partial charge in [0.25, 0.3) is 0 Å². The molecule has 2 aliphatic rings. The molecule has 0 aliphatic carbocycles. The number of nitrogens with zero attached hydrogens (tertiary/aromatic N) is 4. The summed E-state index contributed by atoms with van der Waals surface area (Å²) in [6, 6.07) is 49.7. The van der Waals surface area contributed by atoms with Crippen LogP contribution in [0, 0.1) is 0 Å². The van der Waals surface area contributed by atoms with Gasteiger partial charge in [-0.1, -0.05) is 133 Å². The van der Waals surface area contributed by atoms with E-state index < -0.39 is 11.3 Å². The fourth-order valence-corrected chi connectivity index (χ4v) is 7.65. The van der Waals surface area contributed by atoms with E-state index in [9.17, 15) is 0 Å². The van der Waals surface area contributed by atoms with Gasteiger partial charge in [-0.15, -0.1) is 22.7 Å². The summed E-state index contributed by atoms with van der Waals surface area (Å²) in [7, 11) is 0. The van der Waals surface area contributed by atoms with Crippen molar-refractivity contribution in [2.75, 3.05) is 0 Å². The Morgan fingerprint density at radius 3 is 0.818 bits per heavy atom. The molecule has 44 heavy (non-hydrogen) atoms. The maximum atomic E-state index is 5.67. The van der Waals surface area contributed by atoms with Crippen LogP contribution in [-0.2, 0) is 11.3 Å². The van der Waals surface area contributed by atoms with E-state index in [4.69, 9.17) is 20.0 Å². The number of hydrogen-bond donors (Lipinski definition) is 0. The minimum Gasteiger partial charge on any atom is -0.242 e. The van der Waals surface area contributed by atoms with Crippen LogP contribution < -0.4 is 0 Å². The van der Waals surface area contributed by atoms with Crippen molar-refractivity contribution in [1.29, 1.82) is 0 Å². The van der Waals surface area contributed by atoms with Gasteiger partial charge in [-0.05, 0) is 22.9 Å². The van der Waals surface area contributed by atoms with Crippen molar-refractivity contribution in [3.63, 3.8) is 0 Å². The zero-order valence-corrected chi connectivity index (χ0v) is 25.2. The van der Waals surface area contributed by atoms with Gasteiger partial charge in [-0.25, -0.2) is 20.0 Å². The lowest BCUT2D eigenvalue weighted by molar-refractivity contribution is 0.267. The quantitative estimate of drug-likeness (QED) is 0.175. The molecule has 0 saturated heterocycles. The van der Waals surface area contributed by atoms with Crippen molar-refractivity contribution in [2.45, 2.75) is 11.3 Å². The molecular weight excluding hydrogens is 577 g/mol. The molecule has 0 saturated carbocycles. The standard InChI is InChI=1S/C38H26N4S2/c1-5-15-27(16-6-1)33-34(28-17-7-2-8-18-28)40-37(39-33,31-23-13-25-43-31)38(32-24-14-26-44-32)41-35(29-19-9-3-10-20-29)36(42-38)30-21-11-4-12-22-30/h1-26H. The minimum absolute atomic E-state index is 0.834. The third-order valence-corrected chi connectivity index (χ3v) is 9.88. The topological polar surface area (TPSA) is 49.4 Å². The van der Waals surface area contributed by atoms with Crippen molar-refractivity contribution in [1.82, 2.24) is 0 Å². The molecule has 0 radical (unpaired) electrons. The van der Waals surface area contributed by atoms with Crippen LogP contribution in [0.15, 0.2) is 176 Å². The zero-order chi connectivity index (χ0) is 29.4. The Bertz CT molecular complexity index is 1760. The number of aliphatic imine (C=N–C) groups is 4. The average Bonchev–Trinajstić information content (AvgIpc) is 3.92. The van der Waals surface area contributed by atoms with Crippen LogP contribution in [0.5, 0.6) is 0 Å². The van der Waals surface area contributed by atoms with E-state index in [-0.39, 0.29) is 0 Å². The minimum atomic E-state index is -1.18. The van der Waals surface area contributed by atoms with Crippen molar-refractivity contribution in [3.05, 3.63) is 188 Å². The van der Waals surface area contributed by atoms with Gasteiger partial charge in [-0.2, -0.15) is 0 Å². The van der Waals surface area contributed by atoms with E-state index in [2.05, 4.69) is 83.6 Å². The van der Waals surface area contributed by atoms with Gasteiger partial charge >= 0.3 is 0 Å². The fourth-order valence-electron chi connectivity index (χ4n) is 5.93. The first kappa shape index (κ1) is 26.6. The highest BCUT2D eigenvalue weighted by molar-refractivity contribution is 7.10. The summed E-state index contributed by atoms with van der Waals surface area (Å²) >= 11 is 3.28. The summed E-state index contributed by atoms with van der Waals surface area (Å²) < 4.78 is 0. The summed E-state index contributed by atoms with van der Waals surface area (Å²) in [4.78, 5) is 24.7. The van der Waals surface area contributed by atoms with Gasteiger partial charge in [0.15, 0.2) is 0 Å². The Morgan fingerprint density at radius 1 is 0.318 bits per heavy atom. The monoisotopic (exact) mass is 602 g/mol. The molecule has 4 aromatic carbocycles. The normalized spacial score (nSPS) is 16.6. The van der Waals surface area contributed by atoms with Crippen molar-refractivity contribution < 1.29 is 0 Å². The van der Waals surface area contributed by atoms with E-state index >= 15 is 0 Å². The SMILES string of the molecule is c1ccc(C2=NC(c3cccs3)(C3(c4cccs4)N=C(c4ccccc4)C(c4ccccc4)=N3)N=C2c2ccccc2)cc1. The van der Waals surface area contributed by atoms with E-state index in [1.807, 2.05) is 72.8 Å². The highest BCUT2D eigenvalue weighted by Crippen LogP contribution is 2.56. The van der Waals surface area contributed by atoms with Gasteiger partial charge in [0.05, 0.1) is 32.6 Å². The summed E-state index contributed by atoms with van der Waals surface area (Å²) in [6.07, 6.45) is 0. The van der Waals surface area contributed by atoms with Crippen LogP contribution in [-0.4, -0.2) is 22.8 Å². The average molecular weight is 603 g/mol. The number of thiophene rings is 2. The first-order chi connectivity index (χ1) is 21.8. The molecule has 0 spiro atoms. The van der Waals surface area contributed by atoms with Crippen LogP contribution in [0.4, 0.5) is 0 Å². The summed E-state index contributed by atoms with van der Waals surface area (Å²) in [5.41, 5.74) is 5.00. The van der Waals surface area contributed by atoms with E-state index in [1.54, 1.807) is 22.7 Å². The lowest BCUT2D eigenvalue weighted by Crippen LogP contribution is -2.42. The Morgan fingerprint density at radius 2 is 0.591 bits per heavy atom. The molecule has 2 aliphatic heterocycles. The van der Waals surface area contributed by atoms with E-state index in [0.29, 0.717) is 0 Å². The second-order valence-corrected chi connectivity index (χ2v) is 12.5. The largest absolute Gasteiger partial charge is 0.242 e. The van der Waals surface area contributed by atoms with Gasteiger partial charge in [0.2, 0.25) is 11.3 Å². The molecule has 2 aromatic heterocycles. The second-order valence-electron chi connectivity index (χ2n) is 10.6. The summed E-state index contributed by atoms with van der Waals surface area (Å²) in [5, 5.41) is 4.18. The van der Waals surface area contributed by atoms with Crippen LogP contribution >= 0.6 is 22.7 Å². The van der Waals surface area contributed by atoms with Crippen LogP contribution in [0.2, 0.25) is 0 Å². The highest BCUT2D eigenvalue weighted by Gasteiger charge is 2.61. The third-order valence-electron chi connectivity index (χ3n) is 7.95. The van der Waals surface area contributed by atoms with Crippen molar-refractivity contribution >= 4 is 45.5 Å². The number of rotatable bonds is 7. The lowest BCUT2D eigenvalue weighted by atomic mass is 9.91. The van der Waals surface area contributed by atoms with Crippen LogP contribution in [0.25, 0.3) is 0 Å². The molecule has 6 aromatic rings. The second kappa shape index (κ2) is 10.9. The number of benzene rings is 4. The lowest BCUT2D eigenvalue weighted by Gasteiger charge is -2.36. The number of hydrogen-bond acceptors (Lipinski definition) is 6. The molecule has 0 atom stereocenters. The predicted molar refractivity (Wildman–Crippen MR) is 184 cm³/mol. The molecule has 0 bridgehead atoms. The molecule has 0 fully saturated rings. The van der Waals surface area contributed by atoms with E-state index in [1.165, 1.54) is 0 Å². The smallest absolute Gasteiger partial charge is 0.236 e. The highest BCUT2D eigenvalue weighted by atomic mass is 32.1. The molecule has 0 unspecified atom stereocenters. The molecular formula is C38H26N4S2. The Hall–Kier alpha value is -5.04. The van der Waals surface area contributed by atoms with Gasteiger partial charge in [-0.3, -0.25) is 0 Å². The predicted octanol–water partition coefficient (Wildman–Crippen LogP) is 8.80. The van der Waals surface area contributed by atoms with E-state index in [0.717, 1.165) is 54.9 Å². The van der Waals surface area contributed by atoms with Gasteiger partial charge in [0.1, 0.15) is 0 Å². The Kier molecular flexibility index (Phi) is 6.59. The third kappa shape index (κ3) is 4.26. The zero-order valence-electron chi connectivity index (χ0n) is 23.6. The van der Waals surface area contributed by atoms with Crippen molar-refractivity contribution in [2.24, 2.45) is 20.0 Å². The van der Waals surface area contributed by atoms with Gasteiger partial charge < -0.3 is 0 Å². The fraction of sp³-hybridized carbons (Fsp3) is 0.0526. The molecule has 8 rings (SSSR count). The molecule has 4 heterocycles. The van der Waals surface area contributed by atoms with Gasteiger partial charge in [0, 0.05) is 22.3 Å². The van der Waals surface area contributed by atoms with Crippen LogP contribution in [0.3, 0.4) is 0 Å². The van der Waals surface area contributed by atoms with Crippen molar-refractivity contribution in [3.8, 4) is 0 Å². The maximum Gasteiger partial charge on any atom is 0.236 e. The van der Waals surface area contributed by atoms with Crippen LogP contribution in [0.1, 0.15) is 32.0 Å². The first-order valence-corrected chi connectivity index (χ1v) is 16.2. The summed E-state index contributed by atoms with van der Waals surface area (Å²) in [6.45, 7) is 0. The first-order valence-electron chi connectivity index (χ1n) is 14.5. The molecule has 0 amide bonds. The molecule has 210 valence electrons. The Labute approximate surface area is 264 Å². The summed E-state index contributed by atoms with van der Waals surface area (Å²) in [5.74, 6) is 0. The molecule has 4 nitrogen and oxygen atoms in total. The maximum absolute atomic E-state index is 5.67. The molecule has 0 N–H and O–H groups in total. The molecule has 6 heteroatoms. The Balaban J connectivity index is 1.49.